The van der Waals surface area contributed by atoms with Gasteiger partial charge in [-0.15, -0.1) is 0 Å². The number of hydrogen-bond acceptors (Lipinski definition) is 8. The van der Waals surface area contributed by atoms with E-state index in [1.165, 1.54) is 167 Å². The molecule has 57 heavy (non-hydrogen) atoms. The van der Waals surface area contributed by atoms with Gasteiger partial charge in [0.25, 0.3) is 0 Å². The van der Waals surface area contributed by atoms with Gasteiger partial charge in [-0.25, -0.2) is 0 Å². The van der Waals surface area contributed by atoms with E-state index in [4.69, 9.17) is 4.74 Å². The van der Waals surface area contributed by atoms with Crippen molar-refractivity contribution >= 4 is 5.91 Å². The molecule has 1 unspecified atom stereocenters. The highest BCUT2D eigenvalue weighted by molar-refractivity contribution is 5.76. The highest BCUT2D eigenvalue weighted by Gasteiger charge is 2.48. The summed E-state index contributed by atoms with van der Waals surface area (Å²) in [5.41, 5.74) is 0. The first kappa shape index (κ1) is 54.2. The van der Waals surface area contributed by atoms with Gasteiger partial charge in [-0.1, -0.05) is 226 Å². The van der Waals surface area contributed by atoms with E-state index in [9.17, 15) is 35.4 Å². The van der Waals surface area contributed by atoms with Crippen LogP contribution in [0.25, 0.3) is 0 Å². The lowest BCUT2D eigenvalue weighted by molar-refractivity contribution is -0.253. The fourth-order valence-corrected chi connectivity index (χ4v) is 8.55. The van der Waals surface area contributed by atoms with Crippen LogP contribution in [0.2, 0.25) is 0 Å². The van der Waals surface area contributed by atoms with E-state index in [0.29, 0.717) is 12.8 Å². The molecule has 7 N–H and O–H groups in total. The summed E-state index contributed by atoms with van der Waals surface area (Å²) in [6.45, 7) is 3.90. The maximum Gasteiger partial charge on any atom is 0.220 e. The van der Waals surface area contributed by atoms with Gasteiger partial charge in [0.2, 0.25) is 5.91 Å². The van der Waals surface area contributed by atoms with Crippen molar-refractivity contribution in [3.63, 3.8) is 0 Å². The molecule has 1 saturated heterocycles. The van der Waals surface area contributed by atoms with E-state index in [0.717, 1.165) is 44.9 Å². The van der Waals surface area contributed by atoms with Crippen molar-refractivity contribution in [1.82, 2.24) is 5.32 Å². The molecule has 9 heteroatoms. The monoisotopic (exact) mass is 814 g/mol. The molecule has 0 aromatic rings. The predicted octanol–water partition coefficient (Wildman–Crippen LogP) is 10.1. The van der Waals surface area contributed by atoms with Gasteiger partial charge in [0.15, 0.2) is 0 Å². The summed E-state index contributed by atoms with van der Waals surface area (Å²) < 4.78 is 5.61. The summed E-state index contributed by atoms with van der Waals surface area (Å²) in [6.07, 6.45) is 33.3. The highest BCUT2D eigenvalue weighted by atomic mass is 16.6. The molecule has 1 amide bonds. The number of carbonyl (C=O) groups is 1. The number of rotatable bonds is 41. The smallest absolute Gasteiger partial charge is 0.220 e. The maximum absolute atomic E-state index is 13.1. The third-order valence-corrected chi connectivity index (χ3v) is 12.5. The van der Waals surface area contributed by atoms with Gasteiger partial charge in [0, 0.05) is 6.42 Å². The van der Waals surface area contributed by atoms with E-state index in [1.807, 2.05) is 0 Å². The zero-order chi connectivity index (χ0) is 41.8. The van der Waals surface area contributed by atoms with E-state index >= 15 is 0 Å². The number of hydrogen-bond donors (Lipinski definition) is 7. The molecule has 340 valence electrons. The van der Waals surface area contributed by atoms with E-state index in [2.05, 4.69) is 19.2 Å². The van der Waals surface area contributed by atoms with Gasteiger partial charge >= 0.3 is 0 Å². The van der Waals surface area contributed by atoms with Crippen LogP contribution < -0.4 is 5.32 Å². The van der Waals surface area contributed by atoms with Crippen molar-refractivity contribution in [2.45, 2.75) is 294 Å². The summed E-state index contributed by atoms with van der Waals surface area (Å²) in [5, 5.41) is 66.3. The lowest BCUT2D eigenvalue weighted by atomic mass is 9.87. The Morgan fingerprint density at radius 2 is 0.825 bits per heavy atom. The van der Waals surface area contributed by atoms with Crippen molar-refractivity contribution in [1.29, 1.82) is 0 Å². The minimum Gasteiger partial charge on any atom is -0.394 e. The summed E-state index contributed by atoms with van der Waals surface area (Å²) in [4.78, 5) is 13.1. The Morgan fingerprint density at radius 1 is 0.491 bits per heavy atom. The zero-order valence-electron chi connectivity index (χ0n) is 37.3. The number of unbranched alkanes of at least 4 members (excludes halogenated alkanes) is 32. The van der Waals surface area contributed by atoms with E-state index in [1.54, 1.807) is 0 Å². The van der Waals surface area contributed by atoms with Crippen LogP contribution >= 0.6 is 0 Å². The molecular weight excluding hydrogens is 719 g/mol. The van der Waals surface area contributed by atoms with Crippen LogP contribution in [-0.4, -0.2) is 91.9 Å². The van der Waals surface area contributed by atoms with E-state index < -0.39 is 55.4 Å². The van der Waals surface area contributed by atoms with Crippen LogP contribution in [0.15, 0.2) is 0 Å². The summed E-state index contributed by atoms with van der Waals surface area (Å²) in [6, 6.07) is -1.13. The highest BCUT2D eigenvalue weighted by Crippen LogP contribution is 2.26. The van der Waals surface area contributed by atoms with Crippen molar-refractivity contribution in [3.05, 3.63) is 0 Å². The predicted molar refractivity (Wildman–Crippen MR) is 235 cm³/mol. The second-order valence-electron chi connectivity index (χ2n) is 17.8. The fourth-order valence-electron chi connectivity index (χ4n) is 8.55. The second kappa shape index (κ2) is 38.1. The first-order chi connectivity index (χ1) is 27.8. The standard InChI is InChI=1S/C48H95NO8/c1-3-5-7-9-11-13-15-17-18-19-20-21-22-23-24-26-28-30-32-34-36-38-42(52)49-43(45(54)48-47(56)46(55)44(53)41(39-50)57-48)40(51)37-35-33-31-29-27-25-16-14-12-10-8-6-4-2/h40-41,43-48,50-51,53-56H,3-39H2,1-2H3,(H,49,52)/t40-,41-,43-,44-,45?,46+,47-,48+/m1/s1. The Morgan fingerprint density at radius 3 is 1.18 bits per heavy atom. The normalized spacial score (nSPS) is 21.4. The lowest BCUT2D eigenvalue weighted by Crippen LogP contribution is -2.66. The summed E-state index contributed by atoms with van der Waals surface area (Å²) in [5.74, 6) is -0.286. The average molecular weight is 814 g/mol. The van der Waals surface area contributed by atoms with E-state index in [-0.39, 0.29) is 12.3 Å². The Balaban J connectivity index is 2.30. The third kappa shape index (κ3) is 27.6. The molecule has 1 heterocycles. The number of aliphatic hydroxyl groups is 6. The van der Waals surface area contributed by atoms with Crippen LogP contribution in [0.4, 0.5) is 0 Å². The number of ether oxygens (including phenoxy) is 1. The summed E-state index contributed by atoms with van der Waals surface area (Å²) >= 11 is 0. The lowest BCUT2D eigenvalue weighted by Gasteiger charge is -2.44. The zero-order valence-corrected chi connectivity index (χ0v) is 37.3. The topological polar surface area (TPSA) is 160 Å². The van der Waals surface area contributed by atoms with Gasteiger partial charge < -0.3 is 40.7 Å². The van der Waals surface area contributed by atoms with Crippen molar-refractivity contribution < 1.29 is 40.2 Å². The molecule has 0 spiro atoms. The Labute approximate surface area is 350 Å². The van der Waals surface area contributed by atoms with Gasteiger partial charge in [-0.05, 0) is 12.8 Å². The average Bonchev–Trinajstić information content (AvgIpc) is 3.21. The van der Waals surface area contributed by atoms with Crippen LogP contribution in [-0.2, 0) is 9.53 Å². The molecule has 1 aliphatic rings. The molecule has 1 aliphatic heterocycles. The molecule has 0 bridgehead atoms. The van der Waals surface area contributed by atoms with Gasteiger partial charge in [-0.3, -0.25) is 4.79 Å². The molecule has 0 aromatic carbocycles. The molecule has 0 saturated carbocycles. The summed E-state index contributed by atoms with van der Waals surface area (Å²) in [7, 11) is 0. The number of aliphatic hydroxyl groups excluding tert-OH is 6. The first-order valence-electron chi connectivity index (χ1n) is 24.7. The molecule has 9 nitrogen and oxygen atoms in total. The molecule has 0 radical (unpaired) electrons. The molecule has 1 rings (SSSR count). The minimum absolute atomic E-state index is 0.266. The number of carbonyl (C=O) groups excluding carboxylic acids is 1. The minimum atomic E-state index is -1.66. The quantitative estimate of drug-likeness (QED) is 0.0301. The van der Waals surface area contributed by atoms with Crippen molar-refractivity contribution in [2.24, 2.45) is 0 Å². The Hall–Kier alpha value is -0.810. The molecular formula is C48H95NO8. The van der Waals surface area contributed by atoms with Gasteiger partial charge in [-0.2, -0.15) is 0 Å². The van der Waals surface area contributed by atoms with Gasteiger partial charge in [0.05, 0.1) is 18.8 Å². The molecule has 0 aromatic heterocycles. The SMILES string of the molecule is CCCCCCCCCCCCCCCCCCCCCCCC(=O)N[C@@H](C(O)[C@@H]1O[C@H](CO)[C@@H](O)[C@H](O)[C@H]1O)[C@H](O)CCCCCCCCCCCCCCC. The number of amides is 1. The maximum atomic E-state index is 13.1. The molecule has 8 atom stereocenters. The van der Waals surface area contributed by atoms with Crippen molar-refractivity contribution in [2.75, 3.05) is 6.61 Å². The van der Waals surface area contributed by atoms with Crippen LogP contribution in [0.1, 0.15) is 245 Å². The Kier molecular flexibility index (Phi) is 36.3. The fraction of sp³-hybridized carbons (Fsp3) is 0.979. The van der Waals surface area contributed by atoms with Crippen LogP contribution in [0, 0.1) is 0 Å². The van der Waals surface area contributed by atoms with Gasteiger partial charge in [0.1, 0.15) is 36.6 Å². The molecule has 1 fully saturated rings. The number of nitrogens with one attached hydrogen (secondary N) is 1. The first-order valence-corrected chi connectivity index (χ1v) is 24.7. The largest absolute Gasteiger partial charge is 0.394 e. The molecule has 0 aliphatic carbocycles. The van der Waals surface area contributed by atoms with Crippen LogP contribution in [0.3, 0.4) is 0 Å². The third-order valence-electron chi connectivity index (χ3n) is 12.5. The second-order valence-corrected chi connectivity index (χ2v) is 17.8. The van der Waals surface area contributed by atoms with Crippen molar-refractivity contribution in [3.8, 4) is 0 Å². The Bertz CT molecular complexity index is 877. The van der Waals surface area contributed by atoms with Crippen LogP contribution in [0.5, 0.6) is 0 Å².